The molecule has 0 saturated carbocycles. The van der Waals surface area contributed by atoms with Crippen LogP contribution in [-0.4, -0.2) is 22.9 Å². The van der Waals surface area contributed by atoms with Crippen LogP contribution in [0.25, 0.3) is 0 Å². The first-order valence-electron chi connectivity index (χ1n) is 4.91. The topological polar surface area (TPSA) is 72.2 Å². The van der Waals surface area contributed by atoms with Crippen LogP contribution in [0.4, 0.5) is 0 Å². The molecule has 0 fully saturated rings. The number of nitro groups is 1. The van der Waals surface area contributed by atoms with E-state index in [1.165, 1.54) is 13.8 Å². The van der Waals surface area contributed by atoms with E-state index >= 15 is 0 Å². The Labute approximate surface area is 93.6 Å². The van der Waals surface area contributed by atoms with Gasteiger partial charge in [-0.1, -0.05) is 18.2 Å². The molecule has 1 rings (SSSR count). The van der Waals surface area contributed by atoms with E-state index in [1.54, 1.807) is 30.3 Å². The van der Waals surface area contributed by atoms with Crippen LogP contribution in [0, 0.1) is 10.1 Å². The molecule has 0 aliphatic carbocycles. The summed E-state index contributed by atoms with van der Waals surface area (Å²) in [7, 11) is 0. The second kappa shape index (κ2) is 4.74. The molecule has 86 valence electrons. The van der Waals surface area contributed by atoms with Gasteiger partial charge in [0.05, 0.1) is 6.54 Å². The van der Waals surface area contributed by atoms with Gasteiger partial charge >= 0.3 is 0 Å². The van der Waals surface area contributed by atoms with Gasteiger partial charge in [0.25, 0.3) is 5.91 Å². The van der Waals surface area contributed by atoms with E-state index in [2.05, 4.69) is 5.32 Å². The van der Waals surface area contributed by atoms with E-state index in [0.717, 1.165) is 0 Å². The zero-order valence-corrected chi connectivity index (χ0v) is 9.27. The Balaban J connectivity index is 2.58. The van der Waals surface area contributed by atoms with Crippen LogP contribution < -0.4 is 5.32 Å². The standard InChI is InChI=1S/C11H14N2O3/c1-11(2,13(15)16)8-12-10(14)9-6-4-3-5-7-9/h3-7H,8H2,1-2H3,(H,12,14). The number of nitrogens with zero attached hydrogens (tertiary/aromatic N) is 1. The molecular weight excluding hydrogens is 208 g/mol. The van der Waals surface area contributed by atoms with Crippen LogP contribution >= 0.6 is 0 Å². The molecule has 1 aromatic rings. The zero-order chi connectivity index (χ0) is 12.2. The van der Waals surface area contributed by atoms with Gasteiger partial charge in [-0.25, -0.2) is 0 Å². The van der Waals surface area contributed by atoms with Crippen molar-refractivity contribution in [2.45, 2.75) is 19.4 Å². The van der Waals surface area contributed by atoms with Crippen LogP contribution in [0.5, 0.6) is 0 Å². The minimum Gasteiger partial charge on any atom is -0.345 e. The summed E-state index contributed by atoms with van der Waals surface area (Å²) in [5.74, 6) is -0.296. The van der Waals surface area contributed by atoms with Gasteiger partial charge in [0.1, 0.15) is 0 Å². The predicted molar refractivity (Wildman–Crippen MR) is 59.8 cm³/mol. The largest absolute Gasteiger partial charge is 0.345 e. The molecule has 0 spiro atoms. The van der Waals surface area contributed by atoms with Crippen molar-refractivity contribution in [3.63, 3.8) is 0 Å². The Morgan fingerprint density at radius 1 is 1.38 bits per heavy atom. The summed E-state index contributed by atoms with van der Waals surface area (Å²) in [5, 5.41) is 13.2. The van der Waals surface area contributed by atoms with Crippen LogP contribution in [0.1, 0.15) is 24.2 Å². The average Bonchev–Trinajstić information content (AvgIpc) is 2.27. The van der Waals surface area contributed by atoms with Gasteiger partial charge in [0.15, 0.2) is 0 Å². The maximum absolute atomic E-state index is 11.6. The number of amides is 1. The molecule has 0 aromatic heterocycles. The van der Waals surface area contributed by atoms with Gasteiger partial charge < -0.3 is 5.32 Å². The number of carbonyl (C=O) groups excluding carboxylic acids is 1. The molecule has 0 heterocycles. The van der Waals surface area contributed by atoms with Gasteiger partial charge in [-0.05, 0) is 12.1 Å². The highest BCUT2D eigenvalue weighted by Crippen LogP contribution is 2.06. The summed E-state index contributed by atoms with van der Waals surface area (Å²) in [6.07, 6.45) is 0. The number of hydrogen-bond acceptors (Lipinski definition) is 3. The SMILES string of the molecule is CC(C)(CNC(=O)c1ccccc1)[N+](=O)[O-]. The van der Waals surface area contributed by atoms with Gasteiger partial charge in [-0.15, -0.1) is 0 Å². The highest BCUT2D eigenvalue weighted by atomic mass is 16.6. The highest BCUT2D eigenvalue weighted by molar-refractivity contribution is 5.94. The quantitative estimate of drug-likeness (QED) is 0.619. The molecule has 0 atom stereocenters. The van der Waals surface area contributed by atoms with E-state index in [-0.39, 0.29) is 12.5 Å². The molecule has 16 heavy (non-hydrogen) atoms. The lowest BCUT2D eigenvalue weighted by Gasteiger charge is -2.15. The third-order valence-electron chi connectivity index (χ3n) is 2.21. The second-order valence-electron chi connectivity index (χ2n) is 4.12. The molecule has 1 amide bonds. The van der Waals surface area contributed by atoms with Gasteiger partial charge in [-0.3, -0.25) is 14.9 Å². The maximum Gasteiger partial charge on any atom is 0.251 e. The molecule has 0 saturated heterocycles. The lowest BCUT2D eigenvalue weighted by Crippen LogP contribution is -2.44. The molecule has 0 unspecified atom stereocenters. The lowest BCUT2D eigenvalue weighted by molar-refractivity contribution is -0.557. The molecular formula is C11H14N2O3. The third-order valence-corrected chi connectivity index (χ3v) is 2.21. The minimum atomic E-state index is -1.15. The summed E-state index contributed by atoms with van der Waals surface area (Å²) >= 11 is 0. The molecule has 0 aliphatic rings. The fourth-order valence-corrected chi connectivity index (χ4v) is 1.05. The molecule has 0 aliphatic heterocycles. The molecule has 1 aromatic carbocycles. The molecule has 5 nitrogen and oxygen atoms in total. The van der Waals surface area contributed by atoms with E-state index in [4.69, 9.17) is 0 Å². The Bertz CT molecular complexity index is 387. The van der Waals surface area contributed by atoms with Crippen molar-refractivity contribution in [3.8, 4) is 0 Å². The number of hydrogen-bond donors (Lipinski definition) is 1. The fourth-order valence-electron chi connectivity index (χ4n) is 1.05. The number of nitrogens with one attached hydrogen (secondary N) is 1. The van der Waals surface area contributed by atoms with Crippen LogP contribution in [0.3, 0.4) is 0 Å². The summed E-state index contributed by atoms with van der Waals surface area (Å²) in [4.78, 5) is 21.8. The summed E-state index contributed by atoms with van der Waals surface area (Å²) in [5.41, 5.74) is -0.647. The predicted octanol–water partition coefficient (Wildman–Crippen LogP) is 1.47. The van der Waals surface area contributed by atoms with Crippen molar-refractivity contribution in [1.29, 1.82) is 0 Å². The summed E-state index contributed by atoms with van der Waals surface area (Å²) in [6.45, 7) is 2.95. The van der Waals surface area contributed by atoms with Crippen molar-refractivity contribution < 1.29 is 9.72 Å². The van der Waals surface area contributed by atoms with Gasteiger partial charge in [0, 0.05) is 24.3 Å². The maximum atomic E-state index is 11.6. The summed E-state index contributed by atoms with van der Waals surface area (Å²) < 4.78 is 0. The first-order valence-corrected chi connectivity index (χ1v) is 4.91. The third kappa shape index (κ3) is 3.05. The Morgan fingerprint density at radius 3 is 2.44 bits per heavy atom. The summed E-state index contributed by atoms with van der Waals surface area (Å²) in [6, 6.07) is 8.61. The van der Waals surface area contributed by atoms with E-state index < -0.39 is 10.5 Å². The Morgan fingerprint density at radius 2 is 1.94 bits per heavy atom. The smallest absolute Gasteiger partial charge is 0.251 e. The molecule has 5 heteroatoms. The second-order valence-corrected chi connectivity index (χ2v) is 4.12. The van der Waals surface area contributed by atoms with E-state index in [9.17, 15) is 14.9 Å². The van der Waals surface area contributed by atoms with Gasteiger partial charge in [-0.2, -0.15) is 0 Å². The van der Waals surface area contributed by atoms with Crippen LogP contribution in [-0.2, 0) is 0 Å². The van der Waals surface area contributed by atoms with Crippen molar-refractivity contribution in [1.82, 2.24) is 5.32 Å². The first-order chi connectivity index (χ1) is 7.43. The van der Waals surface area contributed by atoms with E-state index in [0.29, 0.717) is 5.56 Å². The monoisotopic (exact) mass is 222 g/mol. The van der Waals surface area contributed by atoms with Crippen molar-refractivity contribution in [3.05, 3.63) is 46.0 Å². The number of benzene rings is 1. The Kier molecular flexibility index (Phi) is 3.60. The van der Waals surface area contributed by atoms with Gasteiger partial charge in [0.2, 0.25) is 5.54 Å². The molecule has 0 bridgehead atoms. The number of rotatable bonds is 4. The van der Waals surface area contributed by atoms with Crippen LogP contribution in [0.15, 0.2) is 30.3 Å². The highest BCUT2D eigenvalue weighted by Gasteiger charge is 2.30. The Hall–Kier alpha value is -1.91. The van der Waals surface area contributed by atoms with Crippen molar-refractivity contribution in [2.24, 2.45) is 0 Å². The van der Waals surface area contributed by atoms with Crippen molar-refractivity contribution in [2.75, 3.05) is 6.54 Å². The minimum absolute atomic E-state index is 0.00767. The number of carbonyl (C=O) groups is 1. The first kappa shape index (κ1) is 12.2. The normalized spacial score (nSPS) is 10.9. The zero-order valence-electron chi connectivity index (χ0n) is 9.27. The van der Waals surface area contributed by atoms with E-state index in [1.807, 2.05) is 0 Å². The van der Waals surface area contributed by atoms with Crippen LogP contribution in [0.2, 0.25) is 0 Å². The molecule has 1 N–H and O–H groups in total. The lowest BCUT2D eigenvalue weighted by atomic mass is 10.1. The fraction of sp³-hybridized carbons (Fsp3) is 0.364. The molecule has 0 radical (unpaired) electrons. The average molecular weight is 222 g/mol. The van der Waals surface area contributed by atoms with Crippen molar-refractivity contribution >= 4 is 5.91 Å².